The zero-order valence-electron chi connectivity index (χ0n) is 19.0. The third-order valence-corrected chi connectivity index (χ3v) is 7.63. The van der Waals surface area contributed by atoms with E-state index in [2.05, 4.69) is 102 Å². The molecule has 32 heavy (non-hydrogen) atoms. The molecule has 0 bridgehead atoms. The summed E-state index contributed by atoms with van der Waals surface area (Å²) in [4.78, 5) is 8.36. The molecule has 2 aromatic heterocycles. The molecule has 0 unspecified atom stereocenters. The lowest BCUT2D eigenvalue weighted by Crippen LogP contribution is -2.15. The molecule has 0 spiro atoms. The van der Waals surface area contributed by atoms with Gasteiger partial charge in [0.1, 0.15) is 0 Å². The van der Waals surface area contributed by atoms with Gasteiger partial charge in [-0.2, -0.15) is 11.8 Å². The maximum Gasteiger partial charge on any atom is 0.190 e. The van der Waals surface area contributed by atoms with Crippen molar-refractivity contribution in [3.63, 3.8) is 0 Å². The lowest BCUT2D eigenvalue weighted by Gasteiger charge is -2.12. The van der Waals surface area contributed by atoms with Crippen LogP contribution in [0.3, 0.4) is 0 Å². The van der Waals surface area contributed by atoms with Crippen LogP contribution < -0.4 is 9.70 Å². The van der Waals surface area contributed by atoms with Gasteiger partial charge in [0.2, 0.25) is 0 Å². The molecule has 0 aliphatic carbocycles. The van der Waals surface area contributed by atoms with Crippen molar-refractivity contribution >= 4 is 66.5 Å². The zero-order valence-corrected chi connectivity index (χ0v) is 20.6. The number of thioether (sulfide) groups is 1. The van der Waals surface area contributed by atoms with E-state index in [1.807, 2.05) is 11.8 Å². The van der Waals surface area contributed by atoms with E-state index in [0.717, 1.165) is 29.3 Å². The van der Waals surface area contributed by atoms with Crippen molar-refractivity contribution < 1.29 is 0 Å². The van der Waals surface area contributed by atoms with E-state index in [1.54, 1.807) is 11.3 Å². The first-order valence-electron chi connectivity index (χ1n) is 11.0. The Kier molecular flexibility index (Phi) is 5.74. The fraction of sp³-hybridized carbons (Fsp3) is 0.269. The van der Waals surface area contributed by atoms with Gasteiger partial charge < -0.3 is 14.0 Å². The van der Waals surface area contributed by atoms with Crippen molar-refractivity contribution in [3.8, 4) is 0 Å². The van der Waals surface area contributed by atoms with Crippen LogP contribution in [0.5, 0.6) is 0 Å². The molecule has 0 saturated carbocycles. The van der Waals surface area contributed by atoms with Gasteiger partial charge in [-0.3, -0.25) is 0 Å². The number of para-hydroxylation sites is 1. The fourth-order valence-corrected chi connectivity index (χ4v) is 5.86. The van der Waals surface area contributed by atoms with Crippen LogP contribution in [-0.2, 0) is 13.1 Å². The van der Waals surface area contributed by atoms with E-state index < -0.39 is 0 Å². The number of hydrogen-bond acceptors (Lipinski definition) is 4. The fourth-order valence-electron chi connectivity index (χ4n) is 4.39. The summed E-state index contributed by atoms with van der Waals surface area (Å²) < 4.78 is 6.03. The standard InChI is InChI=1S/C26H28N4S2/c1-5-29-22-9-7-6-8-20(22)21-16-18(10-12-23(21)29)27-26-30(14-15-31-4)24-13-11-19(28(2)3)17-25(24)32-26/h6-13,16-17H,5,14-15H2,1-4H3. The van der Waals surface area contributed by atoms with E-state index in [9.17, 15) is 0 Å². The quantitative estimate of drug-likeness (QED) is 0.289. The Hall–Kier alpha value is -2.70. The molecule has 5 aromatic rings. The lowest BCUT2D eigenvalue weighted by atomic mass is 10.1. The number of thiazole rings is 1. The average Bonchev–Trinajstić information content (AvgIpc) is 3.31. The Morgan fingerprint density at radius 2 is 1.69 bits per heavy atom. The zero-order chi connectivity index (χ0) is 22.2. The van der Waals surface area contributed by atoms with Gasteiger partial charge in [-0.25, -0.2) is 4.99 Å². The van der Waals surface area contributed by atoms with Gasteiger partial charge >= 0.3 is 0 Å². The number of aryl methyl sites for hydroxylation is 2. The molecule has 164 valence electrons. The molecule has 6 heteroatoms. The molecule has 0 radical (unpaired) electrons. The van der Waals surface area contributed by atoms with Gasteiger partial charge in [0.25, 0.3) is 0 Å². The third-order valence-electron chi connectivity index (χ3n) is 6.00. The Balaban J connectivity index is 1.71. The molecule has 5 rings (SSSR count). The van der Waals surface area contributed by atoms with Crippen molar-refractivity contribution in [2.75, 3.05) is 31.0 Å². The van der Waals surface area contributed by atoms with E-state index in [0.29, 0.717) is 0 Å². The largest absolute Gasteiger partial charge is 0.378 e. The van der Waals surface area contributed by atoms with Crippen molar-refractivity contribution in [3.05, 3.63) is 65.5 Å². The molecular weight excluding hydrogens is 432 g/mol. The minimum atomic E-state index is 0.957. The molecule has 0 saturated heterocycles. The van der Waals surface area contributed by atoms with Crippen LogP contribution in [0.4, 0.5) is 11.4 Å². The summed E-state index contributed by atoms with van der Waals surface area (Å²) in [6.45, 7) is 4.12. The van der Waals surface area contributed by atoms with Crippen LogP contribution in [0, 0.1) is 0 Å². The van der Waals surface area contributed by atoms with E-state index >= 15 is 0 Å². The smallest absolute Gasteiger partial charge is 0.190 e. The summed E-state index contributed by atoms with van der Waals surface area (Å²) in [5, 5.41) is 2.57. The SMILES string of the molecule is CCn1c2ccccc2c2cc(N=c3sc4cc(N(C)C)ccc4n3CCSC)ccc21. The second-order valence-electron chi connectivity index (χ2n) is 8.15. The first kappa shape index (κ1) is 21.2. The molecule has 0 amide bonds. The summed E-state index contributed by atoms with van der Waals surface area (Å²) >= 11 is 3.65. The van der Waals surface area contributed by atoms with E-state index in [1.165, 1.54) is 37.7 Å². The Morgan fingerprint density at radius 3 is 2.47 bits per heavy atom. The first-order chi connectivity index (χ1) is 15.6. The predicted octanol–water partition coefficient (Wildman–Crippen LogP) is 6.49. The van der Waals surface area contributed by atoms with Crippen LogP contribution in [0.1, 0.15) is 6.92 Å². The van der Waals surface area contributed by atoms with Crippen LogP contribution in [-0.4, -0.2) is 35.2 Å². The maximum atomic E-state index is 5.15. The van der Waals surface area contributed by atoms with Crippen LogP contribution >= 0.6 is 23.1 Å². The number of fused-ring (bicyclic) bond motifs is 4. The molecular formula is C26H28N4S2. The van der Waals surface area contributed by atoms with Gasteiger partial charge in [0.15, 0.2) is 4.80 Å². The highest BCUT2D eigenvalue weighted by Gasteiger charge is 2.11. The van der Waals surface area contributed by atoms with Crippen molar-refractivity contribution in [2.24, 2.45) is 4.99 Å². The number of nitrogens with zero attached hydrogens (tertiary/aromatic N) is 4. The highest BCUT2D eigenvalue weighted by molar-refractivity contribution is 7.98. The number of hydrogen-bond donors (Lipinski definition) is 0. The summed E-state index contributed by atoms with van der Waals surface area (Å²) in [7, 11) is 4.17. The monoisotopic (exact) mass is 460 g/mol. The van der Waals surface area contributed by atoms with Crippen LogP contribution in [0.25, 0.3) is 32.0 Å². The summed E-state index contributed by atoms with van der Waals surface area (Å²) in [5.41, 5.74) is 6.05. The third kappa shape index (κ3) is 3.61. The normalized spacial score (nSPS) is 12.4. The molecule has 0 fully saturated rings. The average molecular weight is 461 g/mol. The molecule has 0 N–H and O–H groups in total. The number of rotatable bonds is 6. The van der Waals surface area contributed by atoms with Crippen LogP contribution in [0.2, 0.25) is 0 Å². The second-order valence-corrected chi connectivity index (χ2v) is 10.1. The Labute approximate surface area is 196 Å². The van der Waals surface area contributed by atoms with E-state index in [-0.39, 0.29) is 0 Å². The van der Waals surface area contributed by atoms with Crippen molar-refractivity contribution in [1.29, 1.82) is 0 Å². The number of anilines is 1. The van der Waals surface area contributed by atoms with Crippen molar-refractivity contribution in [1.82, 2.24) is 9.13 Å². The summed E-state index contributed by atoms with van der Waals surface area (Å²) in [6, 6.07) is 22.0. The van der Waals surface area contributed by atoms with Gasteiger partial charge in [-0.05, 0) is 55.6 Å². The topological polar surface area (TPSA) is 25.5 Å². The van der Waals surface area contributed by atoms with E-state index in [4.69, 9.17) is 4.99 Å². The highest BCUT2D eigenvalue weighted by atomic mass is 32.2. The summed E-state index contributed by atoms with van der Waals surface area (Å²) in [6.07, 6.45) is 2.16. The molecule has 0 aliphatic heterocycles. The highest BCUT2D eigenvalue weighted by Crippen LogP contribution is 2.32. The molecule has 2 heterocycles. The van der Waals surface area contributed by atoms with Gasteiger partial charge in [0.05, 0.1) is 15.9 Å². The predicted molar refractivity (Wildman–Crippen MR) is 143 cm³/mol. The second kappa shape index (κ2) is 8.68. The first-order valence-corrected chi connectivity index (χ1v) is 13.2. The Morgan fingerprint density at radius 1 is 0.906 bits per heavy atom. The molecule has 4 nitrogen and oxygen atoms in total. The molecule has 0 atom stereocenters. The van der Waals surface area contributed by atoms with Crippen LogP contribution in [0.15, 0.2) is 65.7 Å². The van der Waals surface area contributed by atoms with Gasteiger partial charge in [-0.15, -0.1) is 0 Å². The Bertz CT molecular complexity index is 1490. The number of aromatic nitrogens is 2. The molecule has 0 aliphatic rings. The number of benzene rings is 3. The summed E-state index contributed by atoms with van der Waals surface area (Å²) in [5.74, 6) is 1.07. The maximum absolute atomic E-state index is 5.15. The minimum Gasteiger partial charge on any atom is -0.378 e. The minimum absolute atomic E-state index is 0.957. The molecule has 3 aromatic carbocycles. The van der Waals surface area contributed by atoms with Gasteiger partial charge in [0, 0.05) is 60.4 Å². The van der Waals surface area contributed by atoms with Crippen molar-refractivity contribution in [2.45, 2.75) is 20.0 Å². The van der Waals surface area contributed by atoms with Gasteiger partial charge in [-0.1, -0.05) is 29.5 Å². The lowest BCUT2D eigenvalue weighted by molar-refractivity contribution is 0.775.